The largest absolute Gasteiger partial charge is 0.540 e. The summed E-state index contributed by atoms with van der Waals surface area (Å²) >= 11 is 0. The fourth-order valence-corrected chi connectivity index (χ4v) is 0.687. The van der Waals surface area contributed by atoms with Gasteiger partial charge in [0.2, 0.25) is 0 Å². The first-order valence-electron chi connectivity index (χ1n) is 3.00. The number of hydrogen-bond donors (Lipinski definition) is 1. The van der Waals surface area contributed by atoms with E-state index in [1.54, 1.807) is 24.3 Å². The summed E-state index contributed by atoms with van der Waals surface area (Å²) in [6, 6.07) is 6.30. The molecule has 11 heavy (non-hydrogen) atoms. The molecule has 0 bridgehead atoms. The molecule has 0 aliphatic carbocycles. The van der Waals surface area contributed by atoms with Gasteiger partial charge >= 0.3 is 14.0 Å². The van der Waals surface area contributed by atoms with Crippen LogP contribution in [0.25, 0.3) is 0 Å². The maximum Gasteiger partial charge on any atom is 0.378 e. The first-order chi connectivity index (χ1) is 5.24. The molecular weight excluding hydrogens is 141 g/mol. The molecule has 1 aromatic rings. The van der Waals surface area contributed by atoms with Crippen LogP contribution < -0.4 is 5.73 Å². The highest BCUT2D eigenvalue weighted by Crippen LogP contribution is 2.05. The first-order valence-corrected chi connectivity index (χ1v) is 3.00. The number of nitrogens with two attached hydrogens (primary N) is 1. The molecule has 54 valence electrons. The molecule has 0 aliphatic heterocycles. The quantitative estimate of drug-likeness (QED) is 0.465. The van der Waals surface area contributed by atoms with Gasteiger partial charge in [-0.3, -0.25) is 0 Å². The molecule has 3 nitrogen and oxygen atoms in total. The Labute approximate surface area is 65.6 Å². The highest BCUT2D eigenvalue weighted by Gasteiger charge is 2.01. The van der Waals surface area contributed by atoms with Gasteiger partial charge in [0.05, 0.1) is 5.56 Å². The van der Waals surface area contributed by atoms with Crippen LogP contribution in [0.2, 0.25) is 0 Å². The van der Waals surface area contributed by atoms with E-state index in [4.69, 9.17) is 5.73 Å². The van der Waals surface area contributed by atoms with Crippen molar-refractivity contribution in [1.82, 2.24) is 0 Å². The zero-order valence-electron chi connectivity index (χ0n) is 5.78. The van der Waals surface area contributed by atoms with Crippen LogP contribution in [-0.2, 0) is 4.65 Å². The Balaban J connectivity index is 2.90. The van der Waals surface area contributed by atoms with Crippen molar-refractivity contribution >= 4 is 19.7 Å². The normalized spacial score (nSPS) is 9.09. The lowest BCUT2D eigenvalue weighted by atomic mass is 10.2. The number of rotatable bonds is 1. The lowest BCUT2D eigenvalue weighted by molar-refractivity contribution is 0.0749. The Morgan fingerprint density at radius 3 is 2.36 bits per heavy atom. The number of anilines is 1. The fourth-order valence-electron chi connectivity index (χ4n) is 0.687. The molecule has 0 unspecified atom stereocenters. The lowest BCUT2D eigenvalue weighted by Gasteiger charge is -1.98. The smallest absolute Gasteiger partial charge is 0.378 e. The Bertz CT molecular complexity index is 258. The van der Waals surface area contributed by atoms with Crippen molar-refractivity contribution in [2.24, 2.45) is 0 Å². The third kappa shape index (κ3) is 1.74. The molecule has 0 saturated heterocycles. The van der Waals surface area contributed by atoms with Gasteiger partial charge in [-0.25, -0.2) is 4.79 Å². The number of hydrogen-bond acceptors (Lipinski definition) is 3. The molecule has 0 aromatic heterocycles. The van der Waals surface area contributed by atoms with Crippen molar-refractivity contribution in [2.45, 2.75) is 0 Å². The van der Waals surface area contributed by atoms with E-state index in [2.05, 4.69) is 12.7 Å². The summed E-state index contributed by atoms with van der Waals surface area (Å²) in [5, 5.41) is 0. The van der Waals surface area contributed by atoms with Crippen molar-refractivity contribution in [3.8, 4) is 0 Å². The summed E-state index contributed by atoms with van der Waals surface area (Å²) in [4.78, 5) is 10.7. The van der Waals surface area contributed by atoms with Crippen molar-refractivity contribution in [3.05, 3.63) is 29.8 Å². The minimum absolute atomic E-state index is 0.390. The molecule has 4 heteroatoms. The van der Waals surface area contributed by atoms with E-state index < -0.39 is 5.97 Å². The summed E-state index contributed by atoms with van der Waals surface area (Å²) in [6.07, 6.45) is 0. The average molecular weight is 147 g/mol. The number of carbonyl (C=O) groups is 1. The number of nitrogen functional groups attached to an aromatic ring is 1. The molecule has 0 saturated carbocycles. The van der Waals surface area contributed by atoms with Gasteiger partial charge in [0.15, 0.2) is 0 Å². The van der Waals surface area contributed by atoms with Crippen LogP contribution in [0.5, 0.6) is 0 Å². The molecule has 0 spiro atoms. The molecular formula is C7H6BNO2. The topological polar surface area (TPSA) is 52.3 Å². The van der Waals surface area contributed by atoms with Crippen LogP contribution >= 0.6 is 0 Å². The van der Waals surface area contributed by atoms with E-state index in [-0.39, 0.29) is 0 Å². The van der Waals surface area contributed by atoms with Gasteiger partial charge < -0.3 is 10.4 Å². The Hall–Kier alpha value is -1.45. The number of benzene rings is 1. The Kier molecular flexibility index (Phi) is 2.16. The minimum Gasteiger partial charge on any atom is -0.540 e. The lowest BCUT2D eigenvalue weighted by Crippen LogP contribution is -2.01. The maximum absolute atomic E-state index is 10.7. The SMILES string of the molecule is [B]OC(=O)c1ccc(N)cc1. The van der Waals surface area contributed by atoms with E-state index in [1.807, 2.05) is 0 Å². The van der Waals surface area contributed by atoms with Gasteiger partial charge in [-0.15, -0.1) is 0 Å². The van der Waals surface area contributed by atoms with Crippen LogP contribution in [0.3, 0.4) is 0 Å². The molecule has 0 amide bonds. The van der Waals surface area contributed by atoms with Crippen molar-refractivity contribution in [2.75, 3.05) is 5.73 Å². The maximum atomic E-state index is 10.7. The molecule has 0 atom stereocenters. The molecule has 2 N–H and O–H groups in total. The van der Waals surface area contributed by atoms with Crippen molar-refractivity contribution < 1.29 is 9.45 Å². The third-order valence-corrected chi connectivity index (χ3v) is 1.25. The van der Waals surface area contributed by atoms with Crippen LogP contribution in [-0.4, -0.2) is 14.0 Å². The highest BCUT2D eigenvalue weighted by molar-refractivity contribution is 6.09. The molecule has 2 radical (unpaired) electrons. The summed E-state index contributed by atoms with van der Waals surface area (Å²) < 4.78 is 4.00. The van der Waals surface area contributed by atoms with Crippen molar-refractivity contribution in [3.63, 3.8) is 0 Å². The highest BCUT2D eigenvalue weighted by atomic mass is 16.5. The molecule has 0 heterocycles. The van der Waals surface area contributed by atoms with E-state index in [9.17, 15) is 4.79 Å². The predicted molar refractivity (Wildman–Crippen MR) is 42.0 cm³/mol. The van der Waals surface area contributed by atoms with Gasteiger partial charge in [0.25, 0.3) is 0 Å². The van der Waals surface area contributed by atoms with Gasteiger partial charge in [-0.2, -0.15) is 0 Å². The minimum atomic E-state index is -0.565. The van der Waals surface area contributed by atoms with Gasteiger partial charge in [-0.05, 0) is 24.3 Å². The van der Waals surface area contributed by atoms with Crippen LogP contribution in [0.4, 0.5) is 5.69 Å². The van der Waals surface area contributed by atoms with Crippen molar-refractivity contribution in [1.29, 1.82) is 0 Å². The zero-order valence-corrected chi connectivity index (χ0v) is 5.78. The monoisotopic (exact) mass is 147 g/mol. The average Bonchev–Trinajstić information content (AvgIpc) is 2.05. The molecule has 1 aromatic carbocycles. The standard InChI is InChI=1S/C7H6BNO2/c8-11-7(10)5-1-3-6(9)4-2-5/h1-4H,9H2. The number of carbonyl (C=O) groups excluding carboxylic acids is 1. The molecule has 0 fully saturated rings. The van der Waals surface area contributed by atoms with Crippen LogP contribution in [0, 0.1) is 0 Å². The summed E-state index contributed by atoms with van der Waals surface area (Å²) in [7, 11) is 4.66. The molecule has 1 rings (SSSR count). The fraction of sp³-hybridized carbons (Fsp3) is 0. The van der Waals surface area contributed by atoms with E-state index in [1.165, 1.54) is 0 Å². The summed E-state index contributed by atoms with van der Waals surface area (Å²) in [5.74, 6) is -0.565. The van der Waals surface area contributed by atoms with Gasteiger partial charge in [-0.1, -0.05) is 0 Å². The second-order valence-corrected chi connectivity index (χ2v) is 2.03. The Morgan fingerprint density at radius 2 is 1.91 bits per heavy atom. The van der Waals surface area contributed by atoms with E-state index >= 15 is 0 Å². The zero-order chi connectivity index (χ0) is 8.27. The summed E-state index contributed by atoms with van der Waals surface area (Å²) in [6.45, 7) is 0. The van der Waals surface area contributed by atoms with E-state index in [0.717, 1.165) is 0 Å². The van der Waals surface area contributed by atoms with Gasteiger partial charge in [0.1, 0.15) is 0 Å². The van der Waals surface area contributed by atoms with E-state index in [0.29, 0.717) is 11.3 Å². The molecule has 0 aliphatic rings. The first kappa shape index (κ1) is 7.66. The van der Waals surface area contributed by atoms with Gasteiger partial charge in [0, 0.05) is 5.69 Å². The predicted octanol–water partition coefficient (Wildman–Crippen LogP) is 0.509. The van der Waals surface area contributed by atoms with Crippen LogP contribution in [0.15, 0.2) is 24.3 Å². The second-order valence-electron chi connectivity index (χ2n) is 2.03. The Morgan fingerprint density at radius 1 is 1.36 bits per heavy atom. The van der Waals surface area contributed by atoms with Crippen LogP contribution in [0.1, 0.15) is 10.4 Å². The summed E-state index contributed by atoms with van der Waals surface area (Å²) in [5.41, 5.74) is 6.37. The second kappa shape index (κ2) is 3.10. The third-order valence-electron chi connectivity index (χ3n) is 1.25.